The van der Waals surface area contributed by atoms with Crippen LogP contribution in [0.3, 0.4) is 0 Å². The summed E-state index contributed by atoms with van der Waals surface area (Å²) in [4.78, 5) is 11.8. The van der Waals surface area contributed by atoms with Gasteiger partial charge in [0.15, 0.2) is 11.4 Å². The van der Waals surface area contributed by atoms with Crippen LogP contribution in [0, 0.1) is 6.92 Å². The molecule has 0 saturated carbocycles. The molecule has 0 spiro atoms. The van der Waals surface area contributed by atoms with Gasteiger partial charge in [-0.2, -0.15) is 10.2 Å². The van der Waals surface area contributed by atoms with Crippen molar-refractivity contribution in [1.82, 2.24) is 34.7 Å². The number of aromatic nitrogens is 6. The van der Waals surface area contributed by atoms with Gasteiger partial charge in [-0.25, -0.2) is 9.50 Å². The first-order valence-electron chi connectivity index (χ1n) is 12.6. The van der Waals surface area contributed by atoms with Crippen molar-refractivity contribution in [2.45, 2.75) is 58.8 Å². The molecule has 8 nitrogen and oxygen atoms in total. The highest BCUT2D eigenvalue weighted by atomic mass is 16.5. The van der Waals surface area contributed by atoms with Gasteiger partial charge in [-0.15, -0.1) is 0 Å². The van der Waals surface area contributed by atoms with Crippen molar-refractivity contribution >= 4 is 5.65 Å². The first-order valence-corrected chi connectivity index (χ1v) is 12.6. The highest BCUT2D eigenvalue weighted by molar-refractivity contribution is 5.76. The molecule has 35 heavy (non-hydrogen) atoms. The molecule has 0 amide bonds. The fraction of sp³-hybridized carbons (Fsp3) is 0.481. The van der Waals surface area contributed by atoms with Gasteiger partial charge in [0.1, 0.15) is 12.0 Å². The van der Waals surface area contributed by atoms with Gasteiger partial charge in [-0.3, -0.25) is 10.1 Å². The molecule has 4 aromatic heterocycles. The minimum atomic E-state index is 0.250. The van der Waals surface area contributed by atoms with Gasteiger partial charge in [0, 0.05) is 23.5 Å². The average Bonchev–Trinajstić information content (AvgIpc) is 3.51. The third kappa shape index (κ3) is 4.43. The number of H-pyrrole nitrogens is 1. The molecule has 1 aliphatic heterocycles. The predicted octanol–water partition coefficient (Wildman–Crippen LogP) is 5.21. The van der Waals surface area contributed by atoms with E-state index in [1.165, 1.54) is 56.4 Å². The van der Waals surface area contributed by atoms with E-state index in [2.05, 4.69) is 60.0 Å². The van der Waals surface area contributed by atoms with Crippen molar-refractivity contribution in [3.63, 3.8) is 0 Å². The van der Waals surface area contributed by atoms with E-state index in [4.69, 9.17) is 14.8 Å². The first kappa shape index (κ1) is 23.5. The monoisotopic (exact) mass is 473 g/mol. The second-order valence-electron chi connectivity index (χ2n) is 9.89. The average molecular weight is 474 g/mol. The molecule has 0 unspecified atom stereocenters. The minimum Gasteiger partial charge on any atom is -0.493 e. The normalized spacial score (nSPS) is 15.4. The summed E-state index contributed by atoms with van der Waals surface area (Å²) < 4.78 is 7.32. The van der Waals surface area contributed by atoms with Gasteiger partial charge in [-0.05, 0) is 74.8 Å². The van der Waals surface area contributed by atoms with Crippen molar-refractivity contribution in [2.24, 2.45) is 0 Å². The summed E-state index contributed by atoms with van der Waals surface area (Å²) in [5.74, 6) is 1.51. The van der Waals surface area contributed by atoms with E-state index in [0.29, 0.717) is 17.3 Å². The Balaban J connectivity index is 1.48. The highest BCUT2D eigenvalue weighted by Gasteiger charge is 2.24. The molecule has 8 heteroatoms. The molecule has 0 bridgehead atoms. The maximum Gasteiger partial charge on any atom is 0.197 e. The zero-order valence-corrected chi connectivity index (χ0v) is 21.4. The maximum absolute atomic E-state index is 5.58. The molecule has 0 atom stereocenters. The Morgan fingerprint density at radius 3 is 2.63 bits per heavy atom. The molecule has 5 rings (SSSR count). The number of rotatable bonds is 7. The van der Waals surface area contributed by atoms with Crippen LogP contribution in [0.2, 0.25) is 0 Å². The van der Waals surface area contributed by atoms with Crippen LogP contribution in [0.4, 0.5) is 0 Å². The van der Waals surface area contributed by atoms with Crippen LogP contribution in [0.5, 0.6) is 5.75 Å². The number of nitrogens with one attached hydrogen (secondary N) is 1. The van der Waals surface area contributed by atoms with Crippen LogP contribution in [0.15, 0.2) is 30.9 Å². The number of methoxy groups -OCH3 is 1. The quantitative estimate of drug-likeness (QED) is 0.397. The molecule has 0 aromatic carbocycles. The SMILES string of the molecule is CCCN1CCC(c2cnc(-c3n[nH]c(-c4cc(OC)c5ncnn5c4)c3C(C)C)c(C)c2)CC1. The molecule has 5 heterocycles. The van der Waals surface area contributed by atoms with Gasteiger partial charge in [-0.1, -0.05) is 26.8 Å². The molecule has 1 fully saturated rings. The number of aromatic amines is 1. The molecule has 4 aromatic rings. The molecule has 0 aliphatic carbocycles. The van der Waals surface area contributed by atoms with Crippen LogP contribution in [-0.2, 0) is 0 Å². The second kappa shape index (κ2) is 9.77. The van der Waals surface area contributed by atoms with Crippen molar-refractivity contribution in [3.8, 4) is 28.4 Å². The number of pyridine rings is 2. The maximum atomic E-state index is 5.58. The second-order valence-corrected chi connectivity index (χ2v) is 9.89. The summed E-state index contributed by atoms with van der Waals surface area (Å²) in [5.41, 5.74) is 8.12. The molecule has 184 valence electrons. The van der Waals surface area contributed by atoms with E-state index in [1.807, 2.05) is 12.3 Å². The van der Waals surface area contributed by atoms with E-state index in [1.54, 1.807) is 11.6 Å². The minimum absolute atomic E-state index is 0.250. The molecule has 1 N–H and O–H groups in total. The standard InChI is InChI=1S/C27H35N7O/c1-6-9-33-10-7-19(8-11-33)20-12-18(4)24(28-14-20)26-23(17(2)3)25(31-32-26)21-13-22(35-5)27-29-16-30-34(27)15-21/h12-17,19H,6-11H2,1-5H3,(H,31,32). The fourth-order valence-corrected chi connectivity index (χ4v) is 5.37. The zero-order valence-electron chi connectivity index (χ0n) is 21.4. The summed E-state index contributed by atoms with van der Waals surface area (Å²) in [7, 11) is 1.65. The van der Waals surface area contributed by atoms with E-state index >= 15 is 0 Å². The third-order valence-corrected chi connectivity index (χ3v) is 7.15. The first-order chi connectivity index (χ1) is 17.0. The number of fused-ring (bicyclic) bond motifs is 1. The number of aryl methyl sites for hydroxylation is 1. The van der Waals surface area contributed by atoms with E-state index in [-0.39, 0.29) is 5.92 Å². The molecule has 1 saturated heterocycles. The van der Waals surface area contributed by atoms with Crippen molar-refractivity contribution in [2.75, 3.05) is 26.7 Å². The van der Waals surface area contributed by atoms with Gasteiger partial charge in [0.2, 0.25) is 0 Å². The lowest BCUT2D eigenvalue weighted by Gasteiger charge is -2.32. The number of hydrogen-bond acceptors (Lipinski definition) is 6. The summed E-state index contributed by atoms with van der Waals surface area (Å²) in [6.45, 7) is 12.4. The Labute approximate surface area is 206 Å². The Morgan fingerprint density at radius 2 is 1.94 bits per heavy atom. The lowest BCUT2D eigenvalue weighted by molar-refractivity contribution is 0.212. The van der Waals surface area contributed by atoms with Crippen molar-refractivity contribution in [3.05, 3.63) is 47.5 Å². The Hall–Kier alpha value is -3.26. The highest BCUT2D eigenvalue weighted by Crippen LogP contribution is 2.38. The lowest BCUT2D eigenvalue weighted by atomic mass is 9.88. The fourth-order valence-electron chi connectivity index (χ4n) is 5.37. The smallest absolute Gasteiger partial charge is 0.197 e. The van der Waals surface area contributed by atoms with Crippen LogP contribution >= 0.6 is 0 Å². The Bertz CT molecular complexity index is 1310. The molecule has 0 radical (unpaired) electrons. The molecular formula is C27H35N7O. The Kier molecular flexibility index (Phi) is 6.56. The largest absolute Gasteiger partial charge is 0.493 e. The van der Waals surface area contributed by atoms with Gasteiger partial charge >= 0.3 is 0 Å². The number of piperidine rings is 1. The van der Waals surface area contributed by atoms with Crippen LogP contribution < -0.4 is 4.74 Å². The summed E-state index contributed by atoms with van der Waals surface area (Å²) >= 11 is 0. The summed E-state index contributed by atoms with van der Waals surface area (Å²) in [5, 5.41) is 12.4. The number of hydrogen-bond donors (Lipinski definition) is 1. The van der Waals surface area contributed by atoms with Crippen LogP contribution in [-0.4, -0.2) is 61.4 Å². The van der Waals surface area contributed by atoms with Crippen molar-refractivity contribution in [1.29, 1.82) is 0 Å². The van der Waals surface area contributed by atoms with E-state index in [9.17, 15) is 0 Å². The van der Waals surface area contributed by atoms with Gasteiger partial charge in [0.25, 0.3) is 0 Å². The number of ether oxygens (including phenoxy) is 1. The topological polar surface area (TPSA) is 84.2 Å². The lowest BCUT2D eigenvalue weighted by Crippen LogP contribution is -2.33. The third-order valence-electron chi connectivity index (χ3n) is 7.15. The zero-order chi connectivity index (χ0) is 24.5. The van der Waals surface area contributed by atoms with E-state index in [0.717, 1.165) is 28.2 Å². The molecule has 1 aliphatic rings. The van der Waals surface area contributed by atoms with Crippen LogP contribution in [0.1, 0.15) is 68.6 Å². The van der Waals surface area contributed by atoms with E-state index < -0.39 is 0 Å². The predicted molar refractivity (Wildman–Crippen MR) is 138 cm³/mol. The molecular weight excluding hydrogens is 438 g/mol. The number of likely N-dealkylation sites (tertiary alicyclic amines) is 1. The van der Waals surface area contributed by atoms with Crippen molar-refractivity contribution < 1.29 is 4.74 Å². The summed E-state index contributed by atoms with van der Waals surface area (Å²) in [6.07, 6.45) is 9.21. The Morgan fingerprint density at radius 1 is 1.14 bits per heavy atom. The summed E-state index contributed by atoms with van der Waals surface area (Å²) in [6, 6.07) is 4.31. The van der Waals surface area contributed by atoms with Crippen LogP contribution in [0.25, 0.3) is 28.3 Å². The number of nitrogens with zero attached hydrogens (tertiary/aromatic N) is 6. The van der Waals surface area contributed by atoms with Gasteiger partial charge < -0.3 is 9.64 Å². The van der Waals surface area contributed by atoms with Gasteiger partial charge in [0.05, 0.1) is 18.5 Å².